The maximum atomic E-state index is 6.33. The number of rotatable bonds is 4. The molecule has 0 spiro atoms. The first-order valence-corrected chi connectivity index (χ1v) is 7.04. The molecule has 0 aliphatic carbocycles. The topological polar surface area (TPSA) is 35.2 Å². The van der Waals surface area contributed by atoms with Gasteiger partial charge in [-0.1, -0.05) is 40.2 Å². The number of halogens is 1. The number of nitrogens with two attached hydrogens (primary N) is 1. The monoisotopic (exact) mass is 319 g/mol. The molecule has 2 aromatic rings. The fourth-order valence-electron chi connectivity index (χ4n) is 2.26. The van der Waals surface area contributed by atoms with Crippen LogP contribution in [0.1, 0.15) is 22.7 Å². The summed E-state index contributed by atoms with van der Waals surface area (Å²) in [5.41, 5.74) is 9.86. The number of methoxy groups -OCH3 is 1. The second-order valence-electron chi connectivity index (χ2n) is 4.62. The minimum Gasteiger partial charge on any atom is -0.496 e. The quantitative estimate of drug-likeness (QED) is 0.924. The van der Waals surface area contributed by atoms with Crippen molar-refractivity contribution in [3.8, 4) is 5.75 Å². The van der Waals surface area contributed by atoms with Gasteiger partial charge in [-0.05, 0) is 48.2 Å². The van der Waals surface area contributed by atoms with Crippen LogP contribution in [0.25, 0.3) is 0 Å². The summed E-state index contributed by atoms with van der Waals surface area (Å²) in [6.07, 6.45) is 0.757. The van der Waals surface area contributed by atoms with Gasteiger partial charge in [0.15, 0.2) is 0 Å². The van der Waals surface area contributed by atoms with Crippen molar-refractivity contribution in [2.75, 3.05) is 7.11 Å². The Morgan fingerprint density at radius 2 is 1.95 bits per heavy atom. The van der Waals surface area contributed by atoms with Crippen LogP contribution in [-0.4, -0.2) is 7.11 Å². The second kappa shape index (κ2) is 6.22. The molecular formula is C16H18BrNO. The van der Waals surface area contributed by atoms with E-state index in [1.807, 2.05) is 24.3 Å². The van der Waals surface area contributed by atoms with E-state index in [2.05, 4.69) is 41.1 Å². The lowest BCUT2D eigenvalue weighted by molar-refractivity contribution is 0.408. The Hall–Kier alpha value is -1.32. The van der Waals surface area contributed by atoms with Gasteiger partial charge in [-0.15, -0.1) is 0 Å². The van der Waals surface area contributed by atoms with Crippen LogP contribution in [0.15, 0.2) is 46.9 Å². The van der Waals surface area contributed by atoms with Gasteiger partial charge in [-0.25, -0.2) is 0 Å². The van der Waals surface area contributed by atoms with Crippen LogP contribution in [-0.2, 0) is 6.42 Å². The molecule has 0 amide bonds. The van der Waals surface area contributed by atoms with Crippen molar-refractivity contribution in [1.82, 2.24) is 0 Å². The molecule has 2 rings (SSSR count). The molecular weight excluding hydrogens is 302 g/mol. The van der Waals surface area contributed by atoms with E-state index in [4.69, 9.17) is 10.5 Å². The highest BCUT2D eigenvalue weighted by Gasteiger charge is 2.12. The smallest absolute Gasteiger partial charge is 0.122 e. The number of hydrogen-bond donors (Lipinski definition) is 1. The third-order valence-electron chi connectivity index (χ3n) is 3.27. The number of aryl methyl sites for hydroxylation is 1. The van der Waals surface area contributed by atoms with E-state index in [0.717, 1.165) is 22.2 Å². The first kappa shape index (κ1) is 14.1. The van der Waals surface area contributed by atoms with E-state index in [-0.39, 0.29) is 6.04 Å². The molecule has 0 aromatic heterocycles. The third kappa shape index (κ3) is 3.37. The van der Waals surface area contributed by atoms with Crippen molar-refractivity contribution in [3.63, 3.8) is 0 Å². The van der Waals surface area contributed by atoms with Crippen molar-refractivity contribution in [1.29, 1.82) is 0 Å². The zero-order chi connectivity index (χ0) is 13.8. The van der Waals surface area contributed by atoms with Gasteiger partial charge < -0.3 is 10.5 Å². The molecule has 0 radical (unpaired) electrons. The Bertz CT molecular complexity index is 568. The highest BCUT2D eigenvalue weighted by Crippen LogP contribution is 2.27. The number of benzene rings is 2. The molecule has 0 saturated carbocycles. The Morgan fingerprint density at radius 1 is 1.21 bits per heavy atom. The minimum absolute atomic E-state index is 0.0237. The normalized spacial score (nSPS) is 12.2. The van der Waals surface area contributed by atoms with Gasteiger partial charge in [0.25, 0.3) is 0 Å². The molecule has 0 bridgehead atoms. The van der Waals surface area contributed by atoms with Crippen LogP contribution < -0.4 is 10.5 Å². The van der Waals surface area contributed by atoms with Gasteiger partial charge in [-0.3, -0.25) is 0 Å². The summed E-state index contributed by atoms with van der Waals surface area (Å²) in [6, 6.07) is 14.2. The molecule has 2 nitrogen and oxygen atoms in total. The molecule has 0 heterocycles. The summed E-state index contributed by atoms with van der Waals surface area (Å²) in [5.74, 6) is 0.882. The highest BCUT2D eigenvalue weighted by molar-refractivity contribution is 9.10. The van der Waals surface area contributed by atoms with Crippen LogP contribution in [0.3, 0.4) is 0 Å². The average molecular weight is 320 g/mol. The summed E-state index contributed by atoms with van der Waals surface area (Å²) in [5, 5.41) is 0. The maximum absolute atomic E-state index is 6.33. The largest absolute Gasteiger partial charge is 0.496 e. The summed E-state index contributed by atoms with van der Waals surface area (Å²) in [6.45, 7) is 2.09. The fourth-order valence-corrected chi connectivity index (χ4v) is 2.66. The van der Waals surface area contributed by atoms with E-state index in [9.17, 15) is 0 Å². The van der Waals surface area contributed by atoms with E-state index in [1.54, 1.807) is 7.11 Å². The fraction of sp³-hybridized carbons (Fsp3) is 0.250. The summed E-state index contributed by atoms with van der Waals surface area (Å²) >= 11 is 3.49. The van der Waals surface area contributed by atoms with E-state index in [1.165, 1.54) is 11.1 Å². The first-order chi connectivity index (χ1) is 9.11. The van der Waals surface area contributed by atoms with Crippen molar-refractivity contribution in [2.45, 2.75) is 19.4 Å². The zero-order valence-corrected chi connectivity index (χ0v) is 12.8. The molecule has 0 aliphatic heterocycles. The number of hydrogen-bond acceptors (Lipinski definition) is 2. The van der Waals surface area contributed by atoms with Gasteiger partial charge in [0.1, 0.15) is 5.75 Å². The van der Waals surface area contributed by atoms with Gasteiger partial charge in [-0.2, -0.15) is 0 Å². The highest BCUT2D eigenvalue weighted by atomic mass is 79.9. The zero-order valence-electron chi connectivity index (χ0n) is 11.2. The Morgan fingerprint density at radius 3 is 2.63 bits per heavy atom. The predicted molar refractivity (Wildman–Crippen MR) is 82.5 cm³/mol. The standard InChI is InChI=1S/C16H18BrNO/c1-11-5-3-4-6-14(11)15(18)10-12-9-13(17)7-8-16(12)19-2/h3-9,15H,10,18H2,1-2H3. The second-order valence-corrected chi connectivity index (χ2v) is 5.54. The molecule has 2 N–H and O–H groups in total. The number of ether oxygens (including phenoxy) is 1. The van der Waals surface area contributed by atoms with Gasteiger partial charge in [0, 0.05) is 10.5 Å². The Labute approximate surface area is 122 Å². The predicted octanol–water partition coefficient (Wildman–Crippen LogP) is 4.01. The maximum Gasteiger partial charge on any atom is 0.122 e. The summed E-state index contributed by atoms with van der Waals surface area (Å²) in [4.78, 5) is 0. The molecule has 100 valence electrons. The van der Waals surface area contributed by atoms with Gasteiger partial charge >= 0.3 is 0 Å². The van der Waals surface area contributed by atoms with Crippen LogP contribution in [0.5, 0.6) is 5.75 Å². The lowest BCUT2D eigenvalue weighted by atomic mass is 9.96. The lowest BCUT2D eigenvalue weighted by Crippen LogP contribution is -2.15. The third-order valence-corrected chi connectivity index (χ3v) is 3.76. The minimum atomic E-state index is -0.0237. The van der Waals surface area contributed by atoms with Crippen LogP contribution >= 0.6 is 15.9 Å². The first-order valence-electron chi connectivity index (χ1n) is 6.25. The molecule has 3 heteroatoms. The van der Waals surface area contributed by atoms with Crippen molar-refractivity contribution < 1.29 is 4.74 Å². The Kier molecular flexibility index (Phi) is 4.61. The molecule has 1 unspecified atom stereocenters. The van der Waals surface area contributed by atoms with Crippen molar-refractivity contribution in [3.05, 3.63) is 63.6 Å². The van der Waals surface area contributed by atoms with Crippen molar-refractivity contribution in [2.24, 2.45) is 5.73 Å². The van der Waals surface area contributed by atoms with Crippen LogP contribution in [0.2, 0.25) is 0 Å². The van der Waals surface area contributed by atoms with Gasteiger partial charge in [0.05, 0.1) is 7.11 Å². The van der Waals surface area contributed by atoms with Crippen LogP contribution in [0, 0.1) is 6.92 Å². The molecule has 0 saturated heterocycles. The van der Waals surface area contributed by atoms with Crippen molar-refractivity contribution >= 4 is 15.9 Å². The van der Waals surface area contributed by atoms with Gasteiger partial charge in [0.2, 0.25) is 0 Å². The van der Waals surface area contributed by atoms with E-state index < -0.39 is 0 Å². The Balaban J connectivity index is 2.26. The van der Waals surface area contributed by atoms with Crippen LogP contribution in [0.4, 0.5) is 0 Å². The summed E-state index contributed by atoms with van der Waals surface area (Å²) in [7, 11) is 1.69. The molecule has 19 heavy (non-hydrogen) atoms. The lowest BCUT2D eigenvalue weighted by Gasteiger charge is -2.17. The average Bonchev–Trinajstić information content (AvgIpc) is 2.39. The van der Waals surface area contributed by atoms with E-state index in [0.29, 0.717) is 0 Å². The molecule has 2 aromatic carbocycles. The summed E-state index contributed by atoms with van der Waals surface area (Å²) < 4.78 is 6.43. The molecule has 0 aliphatic rings. The molecule has 1 atom stereocenters. The molecule has 0 fully saturated rings. The van der Waals surface area contributed by atoms with E-state index >= 15 is 0 Å². The SMILES string of the molecule is COc1ccc(Br)cc1CC(N)c1ccccc1C.